The van der Waals surface area contributed by atoms with Crippen LogP contribution >= 0.6 is 0 Å². The molecule has 2 rings (SSSR count). The first-order valence-electron chi connectivity index (χ1n) is 6.16. The zero-order valence-electron chi connectivity index (χ0n) is 10.5. The van der Waals surface area contributed by atoms with Crippen molar-refractivity contribution in [3.63, 3.8) is 0 Å². The Labute approximate surface area is 111 Å². The Morgan fingerprint density at radius 3 is 2.42 bits per heavy atom. The van der Waals surface area contributed by atoms with E-state index in [-0.39, 0.29) is 17.4 Å². The third-order valence-electron chi connectivity index (χ3n) is 3.52. The van der Waals surface area contributed by atoms with Crippen molar-refractivity contribution in [1.82, 2.24) is 0 Å². The lowest BCUT2D eigenvalue weighted by molar-refractivity contribution is -0.122. The summed E-state index contributed by atoms with van der Waals surface area (Å²) in [5.74, 6) is -1.35. The Morgan fingerprint density at radius 2 is 1.89 bits per heavy atom. The molecule has 0 aromatic heterocycles. The van der Waals surface area contributed by atoms with Crippen LogP contribution in [0.4, 0.5) is 11.4 Å². The van der Waals surface area contributed by atoms with E-state index in [9.17, 15) is 9.59 Å². The van der Waals surface area contributed by atoms with E-state index in [2.05, 4.69) is 0 Å². The predicted octanol–water partition coefficient (Wildman–Crippen LogP) is 0.669. The average Bonchev–Trinajstić information content (AvgIpc) is 2.39. The molecule has 0 bridgehead atoms. The maximum atomic E-state index is 11.1. The fraction of sp³-hybridized carbons (Fsp3) is 0.385. The predicted molar refractivity (Wildman–Crippen MR) is 71.9 cm³/mol. The van der Waals surface area contributed by atoms with Crippen LogP contribution in [0.15, 0.2) is 18.2 Å². The standard InChI is InChI=1S/C13H17N3O3/c14-10-2-1-9(13(18)19)7-11(10)16-5-3-8(4-6-16)12(15)17/h1-2,7-8H,3-6,14H2,(H2,15,17)(H,18,19). The number of amides is 1. The van der Waals surface area contributed by atoms with E-state index in [1.54, 1.807) is 12.1 Å². The summed E-state index contributed by atoms with van der Waals surface area (Å²) in [5.41, 5.74) is 12.6. The van der Waals surface area contributed by atoms with Gasteiger partial charge in [-0.2, -0.15) is 0 Å². The summed E-state index contributed by atoms with van der Waals surface area (Å²) in [6, 6.07) is 4.65. The number of benzene rings is 1. The van der Waals surface area contributed by atoms with E-state index in [1.165, 1.54) is 6.07 Å². The highest BCUT2D eigenvalue weighted by Gasteiger charge is 2.24. The average molecular weight is 263 g/mol. The maximum Gasteiger partial charge on any atom is 0.335 e. The summed E-state index contributed by atoms with van der Waals surface area (Å²) in [5, 5.41) is 8.99. The zero-order valence-corrected chi connectivity index (χ0v) is 10.5. The molecule has 0 saturated carbocycles. The van der Waals surface area contributed by atoms with Crippen molar-refractivity contribution in [2.45, 2.75) is 12.8 Å². The molecule has 5 N–H and O–H groups in total. The number of primary amides is 1. The van der Waals surface area contributed by atoms with Crippen LogP contribution in [0.1, 0.15) is 23.2 Å². The van der Waals surface area contributed by atoms with Crippen molar-refractivity contribution in [1.29, 1.82) is 0 Å². The number of nitrogens with two attached hydrogens (primary N) is 2. The number of nitrogen functional groups attached to an aromatic ring is 1. The molecule has 1 amide bonds. The number of hydrogen-bond donors (Lipinski definition) is 3. The molecule has 0 atom stereocenters. The molecule has 1 fully saturated rings. The Kier molecular flexibility index (Phi) is 3.59. The highest BCUT2D eigenvalue weighted by Crippen LogP contribution is 2.29. The third kappa shape index (κ3) is 2.78. The van der Waals surface area contributed by atoms with Crippen LogP contribution in [0.5, 0.6) is 0 Å². The number of hydrogen-bond acceptors (Lipinski definition) is 4. The van der Waals surface area contributed by atoms with Crippen LogP contribution in [-0.4, -0.2) is 30.1 Å². The fourth-order valence-electron chi connectivity index (χ4n) is 2.36. The molecule has 6 heteroatoms. The minimum atomic E-state index is -0.978. The number of carbonyl (C=O) groups excluding carboxylic acids is 1. The molecule has 0 unspecified atom stereocenters. The second-order valence-corrected chi connectivity index (χ2v) is 4.74. The molecule has 0 aliphatic carbocycles. The highest BCUT2D eigenvalue weighted by atomic mass is 16.4. The molecule has 0 radical (unpaired) electrons. The lowest BCUT2D eigenvalue weighted by atomic mass is 9.95. The fourth-order valence-corrected chi connectivity index (χ4v) is 2.36. The van der Waals surface area contributed by atoms with Crippen LogP contribution in [0.3, 0.4) is 0 Å². The lowest BCUT2D eigenvalue weighted by Crippen LogP contribution is -2.38. The minimum Gasteiger partial charge on any atom is -0.478 e. The van der Waals surface area contributed by atoms with Crippen LogP contribution in [0.2, 0.25) is 0 Å². The van der Waals surface area contributed by atoms with Crippen molar-refractivity contribution in [3.8, 4) is 0 Å². The Balaban J connectivity index is 2.17. The topological polar surface area (TPSA) is 110 Å². The van der Waals surface area contributed by atoms with Gasteiger partial charge in [0.05, 0.1) is 16.9 Å². The van der Waals surface area contributed by atoms with Gasteiger partial charge in [0.2, 0.25) is 5.91 Å². The maximum absolute atomic E-state index is 11.1. The first-order valence-corrected chi connectivity index (χ1v) is 6.16. The molecule has 102 valence electrons. The van der Waals surface area contributed by atoms with E-state index >= 15 is 0 Å². The van der Waals surface area contributed by atoms with Crippen molar-refractivity contribution < 1.29 is 14.7 Å². The van der Waals surface area contributed by atoms with Crippen molar-refractivity contribution >= 4 is 23.3 Å². The van der Waals surface area contributed by atoms with Crippen LogP contribution in [-0.2, 0) is 4.79 Å². The Bertz CT molecular complexity index is 508. The van der Waals surface area contributed by atoms with Gasteiger partial charge >= 0.3 is 5.97 Å². The molecule has 1 aromatic carbocycles. The number of carbonyl (C=O) groups is 2. The van der Waals surface area contributed by atoms with Gasteiger partial charge in [-0.3, -0.25) is 4.79 Å². The molecule has 6 nitrogen and oxygen atoms in total. The minimum absolute atomic E-state index is 0.0971. The summed E-state index contributed by atoms with van der Waals surface area (Å²) >= 11 is 0. The van der Waals surface area contributed by atoms with Gasteiger partial charge in [-0.1, -0.05) is 0 Å². The molecule has 1 heterocycles. The monoisotopic (exact) mass is 263 g/mol. The number of aromatic carboxylic acids is 1. The molecule has 1 saturated heterocycles. The molecular formula is C13H17N3O3. The second-order valence-electron chi connectivity index (χ2n) is 4.74. The molecule has 1 aliphatic heterocycles. The van der Waals surface area contributed by atoms with Gasteiger partial charge in [0.1, 0.15) is 0 Å². The Morgan fingerprint density at radius 1 is 1.26 bits per heavy atom. The summed E-state index contributed by atoms with van der Waals surface area (Å²) in [6.07, 6.45) is 1.35. The quantitative estimate of drug-likeness (QED) is 0.694. The zero-order chi connectivity index (χ0) is 14.0. The lowest BCUT2D eigenvalue weighted by Gasteiger charge is -2.33. The van der Waals surface area contributed by atoms with Gasteiger partial charge in [-0.05, 0) is 31.0 Å². The van der Waals surface area contributed by atoms with Gasteiger partial charge in [0.15, 0.2) is 0 Å². The van der Waals surface area contributed by atoms with Crippen LogP contribution < -0.4 is 16.4 Å². The summed E-state index contributed by atoms with van der Waals surface area (Å²) in [7, 11) is 0. The van der Waals surface area contributed by atoms with Gasteiger partial charge in [-0.25, -0.2) is 4.79 Å². The summed E-state index contributed by atoms with van der Waals surface area (Å²) < 4.78 is 0. The molecule has 19 heavy (non-hydrogen) atoms. The molecule has 0 spiro atoms. The van der Waals surface area contributed by atoms with Crippen molar-refractivity contribution in [2.75, 3.05) is 23.7 Å². The number of rotatable bonds is 3. The highest BCUT2D eigenvalue weighted by molar-refractivity contribution is 5.90. The largest absolute Gasteiger partial charge is 0.478 e. The van der Waals surface area contributed by atoms with E-state index in [1.807, 2.05) is 4.90 Å². The number of nitrogens with zero attached hydrogens (tertiary/aromatic N) is 1. The van der Waals surface area contributed by atoms with Crippen molar-refractivity contribution in [2.24, 2.45) is 11.7 Å². The van der Waals surface area contributed by atoms with Gasteiger partial charge in [0.25, 0.3) is 0 Å². The van der Waals surface area contributed by atoms with E-state index in [4.69, 9.17) is 16.6 Å². The van der Waals surface area contributed by atoms with Crippen LogP contribution in [0, 0.1) is 5.92 Å². The molecular weight excluding hydrogens is 246 g/mol. The van der Waals surface area contributed by atoms with Crippen molar-refractivity contribution in [3.05, 3.63) is 23.8 Å². The van der Waals surface area contributed by atoms with E-state index in [0.717, 1.165) is 0 Å². The van der Waals surface area contributed by atoms with E-state index in [0.29, 0.717) is 37.3 Å². The smallest absolute Gasteiger partial charge is 0.335 e. The SMILES string of the molecule is NC(=O)C1CCN(c2cc(C(=O)O)ccc2N)CC1. The first kappa shape index (κ1) is 13.2. The third-order valence-corrected chi connectivity index (χ3v) is 3.52. The molecule has 1 aliphatic rings. The summed E-state index contributed by atoms with van der Waals surface area (Å²) in [4.78, 5) is 24.1. The van der Waals surface area contributed by atoms with Crippen LogP contribution in [0.25, 0.3) is 0 Å². The normalized spacial score (nSPS) is 16.3. The second kappa shape index (κ2) is 5.17. The number of anilines is 2. The number of carboxylic acids is 1. The molecule has 1 aromatic rings. The van der Waals surface area contributed by atoms with Gasteiger partial charge in [-0.15, -0.1) is 0 Å². The van der Waals surface area contributed by atoms with Gasteiger partial charge < -0.3 is 21.5 Å². The Hall–Kier alpha value is -2.24. The van der Waals surface area contributed by atoms with Gasteiger partial charge in [0, 0.05) is 19.0 Å². The first-order chi connectivity index (χ1) is 8.99. The summed E-state index contributed by atoms with van der Waals surface area (Å²) in [6.45, 7) is 1.31. The van der Waals surface area contributed by atoms with E-state index < -0.39 is 5.97 Å². The number of piperidine rings is 1. The number of carboxylic acid groups (broad SMARTS) is 1.